The van der Waals surface area contributed by atoms with Gasteiger partial charge in [0.05, 0.1) is 6.54 Å². The van der Waals surface area contributed by atoms with Crippen molar-refractivity contribution in [2.75, 3.05) is 6.61 Å². The van der Waals surface area contributed by atoms with Gasteiger partial charge in [-0.3, -0.25) is 0 Å². The molecule has 0 unspecified atom stereocenters. The molecule has 0 bridgehead atoms. The molecule has 2 aromatic carbocycles. The lowest BCUT2D eigenvalue weighted by Gasteiger charge is -2.08. The Morgan fingerprint density at radius 3 is 2.86 bits per heavy atom. The van der Waals surface area contributed by atoms with Gasteiger partial charge in [-0.2, -0.15) is 5.10 Å². The predicted octanol–water partition coefficient (Wildman–Crippen LogP) is 3.04. The van der Waals surface area contributed by atoms with Crippen molar-refractivity contribution in [1.29, 1.82) is 0 Å². The van der Waals surface area contributed by atoms with E-state index in [-0.39, 0.29) is 0 Å². The summed E-state index contributed by atoms with van der Waals surface area (Å²) in [6.07, 6.45) is 4.82. The third-order valence-electron chi connectivity index (χ3n) is 3.23. The zero-order valence-electron chi connectivity index (χ0n) is 12.1. The van der Waals surface area contributed by atoms with Crippen molar-refractivity contribution < 1.29 is 4.84 Å². The molecule has 0 amide bonds. The third kappa shape index (κ3) is 3.20. The lowest BCUT2D eigenvalue weighted by atomic mass is 10.0. The van der Waals surface area contributed by atoms with Crippen molar-refractivity contribution in [3.63, 3.8) is 0 Å². The first-order valence-electron chi connectivity index (χ1n) is 6.98. The molecule has 0 atom stereocenters. The van der Waals surface area contributed by atoms with Crippen LogP contribution in [-0.2, 0) is 11.4 Å². The van der Waals surface area contributed by atoms with Crippen LogP contribution >= 0.6 is 0 Å². The number of hydrogen-bond donors (Lipinski definition) is 0. The van der Waals surface area contributed by atoms with Crippen molar-refractivity contribution in [2.24, 2.45) is 5.16 Å². The highest BCUT2D eigenvalue weighted by Crippen LogP contribution is 2.17. The van der Waals surface area contributed by atoms with Crippen molar-refractivity contribution >= 4 is 16.5 Å². The molecule has 3 aromatic rings. The lowest BCUT2D eigenvalue weighted by Crippen LogP contribution is -2.13. The molecule has 0 fully saturated rings. The summed E-state index contributed by atoms with van der Waals surface area (Å²) < 4.78 is 1.71. The number of nitrogens with zero attached hydrogens (tertiary/aromatic N) is 4. The molecule has 0 aliphatic rings. The summed E-state index contributed by atoms with van der Waals surface area (Å²) in [7, 11) is 0. The molecular weight excluding hydrogens is 276 g/mol. The largest absolute Gasteiger partial charge is 0.391 e. The smallest absolute Gasteiger partial charge is 0.137 e. The van der Waals surface area contributed by atoms with E-state index in [1.165, 1.54) is 11.7 Å². The minimum absolute atomic E-state index is 0.369. The van der Waals surface area contributed by atoms with Crippen LogP contribution in [0.25, 0.3) is 10.8 Å². The quantitative estimate of drug-likeness (QED) is 0.304. The Balaban J connectivity index is 1.94. The molecule has 0 saturated carbocycles. The second-order valence-corrected chi connectivity index (χ2v) is 4.78. The van der Waals surface area contributed by atoms with Crippen LogP contribution in [0.5, 0.6) is 0 Å². The van der Waals surface area contributed by atoms with Gasteiger partial charge in [-0.15, -0.1) is 0 Å². The Bertz CT molecular complexity index is 793. The standard InChI is InChI=1S/C17H16N4O/c1-2-9-22-20-17(11-21-13-18-12-19-21)16-8-7-14-5-3-4-6-15(14)10-16/h2-8,10,12-13H,1,9,11H2/b20-17+. The van der Waals surface area contributed by atoms with E-state index >= 15 is 0 Å². The Hall–Kier alpha value is -2.95. The lowest BCUT2D eigenvalue weighted by molar-refractivity contribution is 0.174. The summed E-state index contributed by atoms with van der Waals surface area (Å²) >= 11 is 0. The van der Waals surface area contributed by atoms with Gasteiger partial charge in [0.15, 0.2) is 0 Å². The molecule has 0 N–H and O–H groups in total. The summed E-state index contributed by atoms with van der Waals surface area (Å²) in [4.78, 5) is 9.22. The predicted molar refractivity (Wildman–Crippen MR) is 86.7 cm³/mol. The maximum atomic E-state index is 5.27. The number of benzene rings is 2. The average Bonchev–Trinajstić information content (AvgIpc) is 3.07. The Morgan fingerprint density at radius 2 is 2.09 bits per heavy atom. The van der Waals surface area contributed by atoms with Gasteiger partial charge in [-0.25, -0.2) is 9.67 Å². The first-order valence-corrected chi connectivity index (χ1v) is 6.98. The molecule has 1 aromatic heterocycles. The van der Waals surface area contributed by atoms with E-state index in [9.17, 15) is 0 Å². The third-order valence-corrected chi connectivity index (χ3v) is 3.23. The number of fused-ring (bicyclic) bond motifs is 1. The fourth-order valence-electron chi connectivity index (χ4n) is 2.18. The van der Waals surface area contributed by atoms with Crippen LogP contribution in [0.2, 0.25) is 0 Å². The molecule has 22 heavy (non-hydrogen) atoms. The second-order valence-electron chi connectivity index (χ2n) is 4.78. The molecule has 110 valence electrons. The fraction of sp³-hybridized carbons (Fsp3) is 0.118. The van der Waals surface area contributed by atoms with Gasteiger partial charge in [0.25, 0.3) is 0 Å². The van der Waals surface area contributed by atoms with Crippen LogP contribution in [0.4, 0.5) is 0 Å². The molecule has 0 spiro atoms. The van der Waals surface area contributed by atoms with Gasteiger partial charge in [-0.05, 0) is 16.8 Å². The normalized spacial score (nSPS) is 11.5. The summed E-state index contributed by atoms with van der Waals surface area (Å²) in [5.41, 5.74) is 1.79. The Morgan fingerprint density at radius 1 is 1.23 bits per heavy atom. The molecule has 0 radical (unpaired) electrons. The number of hydrogen-bond acceptors (Lipinski definition) is 4. The molecule has 0 aliphatic heterocycles. The van der Waals surface area contributed by atoms with Gasteiger partial charge in [0, 0.05) is 5.56 Å². The highest BCUT2D eigenvalue weighted by molar-refractivity contribution is 6.03. The number of aromatic nitrogens is 3. The Kier molecular flexibility index (Phi) is 4.25. The van der Waals surface area contributed by atoms with Gasteiger partial charge in [0.1, 0.15) is 25.0 Å². The van der Waals surface area contributed by atoms with Crippen molar-refractivity contribution in [3.05, 3.63) is 73.3 Å². The number of oxime groups is 1. The van der Waals surface area contributed by atoms with E-state index in [1.807, 2.05) is 18.2 Å². The first-order chi connectivity index (χ1) is 10.9. The highest BCUT2D eigenvalue weighted by Gasteiger charge is 2.07. The number of rotatable bonds is 6. The summed E-state index contributed by atoms with van der Waals surface area (Å²) in [6, 6.07) is 14.4. The minimum atomic E-state index is 0.369. The van der Waals surface area contributed by atoms with E-state index in [0.29, 0.717) is 13.2 Å². The van der Waals surface area contributed by atoms with E-state index in [4.69, 9.17) is 4.84 Å². The van der Waals surface area contributed by atoms with Crippen LogP contribution in [0.3, 0.4) is 0 Å². The van der Waals surface area contributed by atoms with Gasteiger partial charge < -0.3 is 4.84 Å². The van der Waals surface area contributed by atoms with Crippen molar-refractivity contribution in [3.8, 4) is 0 Å². The van der Waals surface area contributed by atoms with Crippen LogP contribution < -0.4 is 0 Å². The van der Waals surface area contributed by atoms with Gasteiger partial charge >= 0.3 is 0 Å². The fourth-order valence-corrected chi connectivity index (χ4v) is 2.18. The monoisotopic (exact) mass is 292 g/mol. The zero-order valence-corrected chi connectivity index (χ0v) is 12.1. The van der Waals surface area contributed by atoms with E-state index in [2.05, 4.69) is 46.1 Å². The van der Waals surface area contributed by atoms with E-state index < -0.39 is 0 Å². The average molecular weight is 292 g/mol. The van der Waals surface area contributed by atoms with E-state index in [1.54, 1.807) is 17.1 Å². The summed E-state index contributed by atoms with van der Waals surface area (Å²) in [5.74, 6) is 0. The topological polar surface area (TPSA) is 52.3 Å². The molecule has 5 nitrogen and oxygen atoms in total. The van der Waals surface area contributed by atoms with Crippen LogP contribution in [0.1, 0.15) is 5.56 Å². The zero-order chi connectivity index (χ0) is 15.2. The van der Waals surface area contributed by atoms with Crippen LogP contribution in [0.15, 0.2) is 72.9 Å². The highest BCUT2D eigenvalue weighted by atomic mass is 16.6. The van der Waals surface area contributed by atoms with Crippen LogP contribution in [0, 0.1) is 0 Å². The molecule has 0 aliphatic carbocycles. The molecule has 1 heterocycles. The van der Waals surface area contributed by atoms with E-state index in [0.717, 1.165) is 16.7 Å². The maximum Gasteiger partial charge on any atom is 0.137 e. The maximum absolute atomic E-state index is 5.27. The molecule has 3 rings (SSSR count). The molecule has 0 saturated heterocycles. The van der Waals surface area contributed by atoms with Gasteiger partial charge in [-0.1, -0.05) is 54.2 Å². The SMILES string of the molecule is C=CCO/N=C(\Cn1cncn1)c1ccc2ccccc2c1. The second kappa shape index (κ2) is 6.67. The van der Waals surface area contributed by atoms with Gasteiger partial charge in [0.2, 0.25) is 0 Å². The molecule has 5 heteroatoms. The van der Waals surface area contributed by atoms with Crippen molar-refractivity contribution in [2.45, 2.75) is 6.54 Å². The molecular formula is C17H16N4O. The minimum Gasteiger partial charge on any atom is -0.391 e. The van der Waals surface area contributed by atoms with Crippen molar-refractivity contribution in [1.82, 2.24) is 14.8 Å². The first kappa shape index (κ1) is 14.0. The van der Waals surface area contributed by atoms with Crippen LogP contribution in [-0.4, -0.2) is 27.1 Å². The summed E-state index contributed by atoms with van der Waals surface area (Å²) in [6.45, 7) is 4.49. The summed E-state index contributed by atoms with van der Waals surface area (Å²) in [5, 5.41) is 10.7. The Labute approximate surface area is 128 Å².